The second-order valence-corrected chi connectivity index (χ2v) is 7.45. The summed E-state index contributed by atoms with van der Waals surface area (Å²) in [5, 5.41) is 8.85. The fourth-order valence-electron chi connectivity index (χ4n) is 3.46. The first-order valence-electron chi connectivity index (χ1n) is 7.89. The maximum absolute atomic E-state index is 10.7. The van der Waals surface area contributed by atoms with E-state index in [-0.39, 0.29) is 6.42 Å². The summed E-state index contributed by atoms with van der Waals surface area (Å²) in [6.07, 6.45) is 4.63. The SMILES string of the molecule is CN1CCN(C2CCCc3sc(CCC(=O)O)cc32)CC1. The van der Waals surface area contributed by atoms with Crippen molar-refractivity contribution in [1.82, 2.24) is 9.80 Å². The zero-order chi connectivity index (χ0) is 14.8. The molecule has 0 saturated carbocycles. The number of rotatable bonds is 4. The van der Waals surface area contributed by atoms with Crippen LogP contribution in [0, 0.1) is 0 Å². The molecule has 0 radical (unpaired) electrons. The molecule has 2 aliphatic rings. The van der Waals surface area contributed by atoms with Crippen LogP contribution in [0.5, 0.6) is 0 Å². The van der Waals surface area contributed by atoms with Gasteiger partial charge in [0.15, 0.2) is 0 Å². The van der Waals surface area contributed by atoms with Gasteiger partial charge in [-0.2, -0.15) is 0 Å². The number of carboxylic acid groups (broad SMARTS) is 1. The number of carbonyl (C=O) groups is 1. The fourth-order valence-corrected chi connectivity index (χ4v) is 4.72. The third kappa shape index (κ3) is 3.47. The number of hydrogen-bond donors (Lipinski definition) is 1. The van der Waals surface area contributed by atoms with E-state index in [2.05, 4.69) is 22.9 Å². The summed E-state index contributed by atoms with van der Waals surface area (Å²) in [7, 11) is 2.19. The van der Waals surface area contributed by atoms with Crippen LogP contribution in [0.3, 0.4) is 0 Å². The molecule has 0 aromatic carbocycles. The van der Waals surface area contributed by atoms with Crippen molar-refractivity contribution in [1.29, 1.82) is 0 Å². The van der Waals surface area contributed by atoms with Gasteiger partial charge in [0.2, 0.25) is 0 Å². The van der Waals surface area contributed by atoms with Crippen molar-refractivity contribution in [2.45, 2.75) is 38.1 Å². The summed E-state index contributed by atoms with van der Waals surface area (Å²) < 4.78 is 0. The summed E-state index contributed by atoms with van der Waals surface area (Å²) >= 11 is 1.85. The lowest BCUT2D eigenvalue weighted by Gasteiger charge is -2.39. The number of fused-ring (bicyclic) bond motifs is 1. The van der Waals surface area contributed by atoms with Gasteiger partial charge in [0.1, 0.15) is 0 Å². The number of aliphatic carboxylic acids is 1. The van der Waals surface area contributed by atoms with E-state index in [1.165, 1.54) is 34.6 Å². The third-order valence-corrected chi connectivity index (χ3v) is 5.97. The molecule has 3 rings (SSSR count). The highest BCUT2D eigenvalue weighted by atomic mass is 32.1. The van der Waals surface area contributed by atoms with Crippen LogP contribution >= 0.6 is 11.3 Å². The van der Waals surface area contributed by atoms with Crippen LogP contribution in [-0.2, 0) is 17.6 Å². The minimum absolute atomic E-state index is 0.249. The number of hydrogen-bond acceptors (Lipinski definition) is 4. The third-order valence-electron chi connectivity index (χ3n) is 4.70. The smallest absolute Gasteiger partial charge is 0.303 e. The van der Waals surface area contributed by atoms with Crippen molar-refractivity contribution in [3.05, 3.63) is 21.4 Å². The Morgan fingerprint density at radius 2 is 2.14 bits per heavy atom. The number of nitrogens with zero attached hydrogens (tertiary/aromatic N) is 2. The average molecular weight is 308 g/mol. The van der Waals surface area contributed by atoms with Gasteiger partial charge in [-0.15, -0.1) is 11.3 Å². The highest BCUT2D eigenvalue weighted by molar-refractivity contribution is 7.12. The predicted octanol–water partition coefficient (Wildman–Crippen LogP) is 2.39. The summed E-state index contributed by atoms with van der Waals surface area (Å²) in [6.45, 7) is 4.62. The van der Waals surface area contributed by atoms with Crippen molar-refractivity contribution in [3.63, 3.8) is 0 Å². The molecule has 5 heteroatoms. The monoisotopic (exact) mass is 308 g/mol. The molecule has 4 nitrogen and oxygen atoms in total. The lowest BCUT2D eigenvalue weighted by Crippen LogP contribution is -2.46. The van der Waals surface area contributed by atoms with E-state index in [9.17, 15) is 4.79 Å². The summed E-state index contributed by atoms with van der Waals surface area (Å²) in [5.74, 6) is -0.697. The zero-order valence-corrected chi connectivity index (χ0v) is 13.5. The molecule has 1 aromatic rings. The van der Waals surface area contributed by atoms with Gasteiger partial charge in [-0.25, -0.2) is 0 Å². The van der Waals surface area contributed by atoms with Gasteiger partial charge in [0, 0.05) is 42.0 Å². The minimum Gasteiger partial charge on any atom is -0.481 e. The number of likely N-dealkylation sites (N-methyl/N-ethyl adjacent to an activating group) is 1. The molecule has 116 valence electrons. The van der Waals surface area contributed by atoms with Gasteiger partial charge >= 0.3 is 5.97 Å². The summed E-state index contributed by atoms with van der Waals surface area (Å²) in [5.41, 5.74) is 1.50. The van der Waals surface area contributed by atoms with E-state index >= 15 is 0 Å². The molecule has 1 aliphatic carbocycles. The molecule has 1 unspecified atom stereocenters. The second kappa shape index (κ2) is 6.46. The minimum atomic E-state index is -0.697. The molecule has 1 aliphatic heterocycles. The Kier molecular flexibility index (Phi) is 4.62. The molecular weight excluding hydrogens is 284 g/mol. The normalized spacial score (nSPS) is 24.0. The molecule has 1 fully saturated rings. The van der Waals surface area contributed by atoms with Crippen molar-refractivity contribution < 1.29 is 9.90 Å². The van der Waals surface area contributed by atoms with E-state index in [1.54, 1.807) is 0 Å². The van der Waals surface area contributed by atoms with Gasteiger partial charge in [0.05, 0.1) is 6.42 Å². The van der Waals surface area contributed by atoms with Gasteiger partial charge < -0.3 is 10.0 Å². The van der Waals surface area contributed by atoms with Crippen LogP contribution in [0.2, 0.25) is 0 Å². The Morgan fingerprint density at radius 3 is 2.86 bits per heavy atom. The Labute approximate surface area is 130 Å². The molecule has 21 heavy (non-hydrogen) atoms. The molecule has 0 bridgehead atoms. The maximum atomic E-state index is 10.7. The first kappa shape index (κ1) is 15.0. The Hall–Kier alpha value is -0.910. The molecule has 1 saturated heterocycles. The van der Waals surface area contributed by atoms with Crippen molar-refractivity contribution in [2.24, 2.45) is 0 Å². The largest absolute Gasteiger partial charge is 0.481 e. The fraction of sp³-hybridized carbons (Fsp3) is 0.688. The topological polar surface area (TPSA) is 43.8 Å². The first-order chi connectivity index (χ1) is 10.1. The maximum Gasteiger partial charge on any atom is 0.303 e. The molecular formula is C16H24N2O2S. The number of aryl methyl sites for hydroxylation is 2. The van der Waals surface area contributed by atoms with Crippen LogP contribution < -0.4 is 0 Å². The number of thiophene rings is 1. The quantitative estimate of drug-likeness (QED) is 0.927. The van der Waals surface area contributed by atoms with Gasteiger partial charge in [-0.3, -0.25) is 9.69 Å². The lowest BCUT2D eigenvalue weighted by molar-refractivity contribution is -0.136. The van der Waals surface area contributed by atoms with Crippen LogP contribution in [0.4, 0.5) is 0 Å². The predicted molar refractivity (Wildman–Crippen MR) is 85.0 cm³/mol. The molecule has 1 aromatic heterocycles. The molecule has 1 atom stereocenters. The zero-order valence-electron chi connectivity index (χ0n) is 12.7. The average Bonchev–Trinajstić information content (AvgIpc) is 2.89. The van der Waals surface area contributed by atoms with Crippen LogP contribution in [-0.4, -0.2) is 54.1 Å². The van der Waals surface area contributed by atoms with E-state index < -0.39 is 5.97 Å². The Morgan fingerprint density at radius 1 is 1.38 bits per heavy atom. The van der Waals surface area contributed by atoms with Crippen molar-refractivity contribution in [2.75, 3.05) is 33.2 Å². The van der Waals surface area contributed by atoms with E-state index in [0.717, 1.165) is 26.2 Å². The van der Waals surface area contributed by atoms with Crippen LogP contribution in [0.1, 0.15) is 40.6 Å². The van der Waals surface area contributed by atoms with Gasteiger partial charge in [-0.05, 0) is 44.4 Å². The van der Waals surface area contributed by atoms with Gasteiger partial charge in [0.25, 0.3) is 0 Å². The Bertz CT molecular complexity index is 506. The van der Waals surface area contributed by atoms with E-state index in [4.69, 9.17) is 5.11 Å². The second-order valence-electron chi connectivity index (χ2n) is 6.23. The molecule has 1 N–H and O–H groups in total. The summed E-state index contributed by atoms with van der Waals surface area (Å²) in [4.78, 5) is 18.5. The van der Waals surface area contributed by atoms with Crippen LogP contribution in [0.15, 0.2) is 6.07 Å². The molecule has 2 heterocycles. The van der Waals surface area contributed by atoms with Crippen molar-refractivity contribution in [3.8, 4) is 0 Å². The van der Waals surface area contributed by atoms with E-state index in [0.29, 0.717) is 12.5 Å². The highest BCUT2D eigenvalue weighted by Crippen LogP contribution is 2.39. The molecule has 0 spiro atoms. The van der Waals surface area contributed by atoms with Gasteiger partial charge in [-0.1, -0.05) is 0 Å². The van der Waals surface area contributed by atoms with Crippen molar-refractivity contribution >= 4 is 17.3 Å². The highest BCUT2D eigenvalue weighted by Gasteiger charge is 2.29. The lowest BCUT2D eigenvalue weighted by atomic mass is 9.92. The standard InChI is InChI=1S/C16H24N2O2S/c1-17-7-9-18(10-8-17)14-3-2-4-15-13(14)11-12(21-15)5-6-16(19)20/h11,14H,2-10H2,1H3,(H,19,20). The summed E-state index contributed by atoms with van der Waals surface area (Å²) in [6, 6.07) is 2.86. The Balaban J connectivity index is 1.73. The molecule has 0 amide bonds. The number of piperazine rings is 1. The van der Waals surface area contributed by atoms with Crippen LogP contribution in [0.25, 0.3) is 0 Å². The van der Waals surface area contributed by atoms with E-state index in [1.807, 2.05) is 11.3 Å². The number of carboxylic acids is 1. The first-order valence-corrected chi connectivity index (χ1v) is 8.71.